The predicted octanol–water partition coefficient (Wildman–Crippen LogP) is 4.90. The fraction of sp³-hybridized carbons (Fsp3) is 0.444. The topological polar surface area (TPSA) is 84.0 Å². The Morgan fingerprint density at radius 3 is 2.74 bits per heavy atom. The van der Waals surface area contributed by atoms with Gasteiger partial charge in [-0.25, -0.2) is 0 Å². The summed E-state index contributed by atoms with van der Waals surface area (Å²) in [7, 11) is 0. The molecule has 6 nitrogen and oxygen atoms in total. The number of aromatic nitrogens is 2. The van der Waals surface area contributed by atoms with E-state index in [4.69, 9.17) is 0 Å². The van der Waals surface area contributed by atoms with Crippen LogP contribution in [0.3, 0.4) is 0 Å². The summed E-state index contributed by atoms with van der Waals surface area (Å²) in [6.45, 7) is 5.98. The minimum Gasteiger partial charge on any atom is -0.326 e. The van der Waals surface area contributed by atoms with Crippen molar-refractivity contribution in [3.05, 3.63) is 24.3 Å². The molecule has 0 fully saturated rings. The van der Waals surface area contributed by atoms with E-state index in [1.165, 1.54) is 23.3 Å². The summed E-state index contributed by atoms with van der Waals surface area (Å²) in [4.78, 5) is 29.6. The molecule has 146 valence electrons. The lowest BCUT2D eigenvalue weighted by atomic mass is 10.3. The van der Waals surface area contributed by atoms with Crippen molar-refractivity contribution < 1.29 is 9.59 Å². The van der Waals surface area contributed by atoms with Crippen LogP contribution in [-0.2, 0) is 9.59 Å². The molecule has 0 saturated heterocycles. The Morgan fingerprint density at radius 2 is 2.04 bits per heavy atom. The van der Waals surface area contributed by atoms with Crippen molar-refractivity contribution in [3.63, 3.8) is 0 Å². The van der Waals surface area contributed by atoms with Gasteiger partial charge in [-0.05, 0) is 36.8 Å². The van der Waals surface area contributed by atoms with Gasteiger partial charge in [0.15, 0.2) is 0 Å². The number of hydrogen-bond donors (Lipinski definition) is 2. The van der Waals surface area contributed by atoms with E-state index in [-0.39, 0.29) is 17.1 Å². The lowest BCUT2D eigenvalue weighted by Crippen LogP contribution is -2.24. The van der Waals surface area contributed by atoms with Gasteiger partial charge in [-0.2, -0.15) is 9.36 Å². The molecule has 1 unspecified atom stereocenters. The Morgan fingerprint density at radius 1 is 1.22 bits per heavy atom. The van der Waals surface area contributed by atoms with Crippen LogP contribution in [0.25, 0.3) is 0 Å². The zero-order valence-electron chi connectivity index (χ0n) is 15.7. The maximum atomic E-state index is 12.6. The van der Waals surface area contributed by atoms with Crippen LogP contribution < -0.4 is 10.6 Å². The van der Waals surface area contributed by atoms with Crippen molar-refractivity contribution >= 4 is 57.7 Å². The Bertz CT molecular complexity index is 767. The van der Waals surface area contributed by atoms with Gasteiger partial charge in [0.2, 0.25) is 22.1 Å². The van der Waals surface area contributed by atoms with Gasteiger partial charge >= 0.3 is 0 Å². The number of nitrogens with one attached hydrogen (secondary N) is 2. The third-order valence-corrected chi connectivity index (χ3v) is 6.28. The van der Waals surface area contributed by atoms with Crippen LogP contribution in [0.5, 0.6) is 0 Å². The minimum atomic E-state index is -0.252. The molecule has 0 spiro atoms. The average molecular weight is 425 g/mol. The van der Waals surface area contributed by atoms with Gasteiger partial charge in [0.05, 0.1) is 5.25 Å². The molecule has 0 saturated carbocycles. The number of amides is 2. The Kier molecular flexibility index (Phi) is 9.09. The molecule has 2 aromatic rings. The number of rotatable bonds is 10. The van der Waals surface area contributed by atoms with Crippen LogP contribution in [0.15, 0.2) is 34.3 Å². The molecule has 0 aliphatic heterocycles. The molecule has 1 atom stereocenters. The molecule has 1 aromatic carbocycles. The maximum Gasteiger partial charge on any atom is 0.239 e. The van der Waals surface area contributed by atoms with Crippen LogP contribution >= 0.6 is 35.1 Å². The molecule has 0 aliphatic carbocycles. The lowest BCUT2D eigenvalue weighted by molar-refractivity contribution is -0.116. The molecule has 0 bridgehead atoms. The standard InChI is InChI=1S/C18H24N4O2S3/c1-4-8-15(23)19-12-9-7-10-13(11-12)26-14(5-2)16(24)20-17-21-18(22-27-17)25-6-3/h7,9-11,14H,4-6,8H2,1-3H3,(H,19,23)(H,20,21,22,24). The normalized spacial score (nSPS) is 11.8. The summed E-state index contributed by atoms with van der Waals surface area (Å²) in [5.74, 6) is 0.802. The molecule has 2 N–H and O–H groups in total. The van der Waals surface area contributed by atoms with Crippen LogP contribution in [0.1, 0.15) is 40.0 Å². The Balaban J connectivity index is 1.98. The molecule has 9 heteroatoms. The number of nitrogens with zero attached hydrogens (tertiary/aromatic N) is 2. The monoisotopic (exact) mass is 424 g/mol. The van der Waals surface area contributed by atoms with Crippen molar-refractivity contribution in [2.24, 2.45) is 0 Å². The van der Waals surface area contributed by atoms with Crippen LogP contribution in [0.2, 0.25) is 0 Å². The molecule has 0 aliphatic rings. The second kappa shape index (κ2) is 11.3. The molecule has 2 amide bonds. The maximum absolute atomic E-state index is 12.6. The van der Waals surface area contributed by atoms with Crippen molar-refractivity contribution in [1.82, 2.24) is 9.36 Å². The van der Waals surface area contributed by atoms with E-state index < -0.39 is 0 Å². The lowest BCUT2D eigenvalue weighted by Gasteiger charge is -2.14. The first kappa shape index (κ1) is 21.7. The van der Waals surface area contributed by atoms with Gasteiger partial charge in [0, 0.05) is 28.5 Å². The highest BCUT2D eigenvalue weighted by molar-refractivity contribution is 8.00. The first-order valence-corrected chi connectivity index (χ1v) is 11.5. The number of carbonyl (C=O) groups excluding carboxylic acids is 2. The molecule has 1 aromatic heterocycles. The van der Waals surface area contributed by atoms with E-state index in [1.54, 1.807) is 11.8 Å². The van der Waals surface area contributed by atoms with Crippen molar-refractivity contribution in [3.8, 4) is 0 Å². The van der Waals surface area contributed by atoms with Gasteiger partial charge in [-0.1, -0.05) is 38.6 Å². The molecule has 1 heterocycles. The summed E-state index contributed by atoms with van der Waals surface area (Å²) in [6.07, 6.45) is 1.98. The molecule has 0 radical (unpaired) electrons. The Hall–Kier alpha value is -1.58. The fourth-order valence-corrected chi connectivity index (χ4v) is 4.51. The van der Waals surface area contributed by atoms with Crippen molar-refractivity contribution in [1.29, 1.82) is 0 Å². The van der Waals surface area contributed by atoms with Crippen molar-refractivity contribution in [2.75, 3.05) is 16.4 Å². The third-order valence-electron chi connectivity index (χ3n) is 3.45. The van der Waals surface area contributed by atoms with Gasteiger partial charge in [0.25, 0.3) is 0 Å². The highest BCUT2D eigenvalue weighted by atomic mass is 32.2. The largest absolute Gasteiger partial charge is 0.326 e. The van der Waals surface area contributed by atoms with E-state index >= 15 is 0 Å². The third kappa shape index (κ3) is 7.15. The molecule has 27 heavy (non-hydrogen) atoms. The van der Waals surface area contributed by atoms with E-state index in [0.717, 1.165) is 22.8 Å². The second-order valence-corrected chi connectivity index (χ2v) is 8.90. The zero-order valence-corrected chi connectivity index (χ0v) is 18.1. The van der Waals surface area contributed by atoms with E-state index in [2.05, 4.69) is 20.0 Å². The van der Waals surface area contributed by atoms with E-state index in [1.807, 2.05) is 45.0 Å². The summed E-state index contributed by atoms with van der Waals surface area (Å²) in [5, 5.41) is 6.70. The minimum absolute atomic E-state index is 0.00135. The highest BCUT2D eigenvalue weighted by Gasteiger charge is 2.20. The molecule has 2 rings (SSSR count). The molecular formula is C18H24N4O2S3. The quantitative estimate of drug-likeness (QED) is 0.528. The van der Waals surface area contributed by atoms with Gasteiger partial charge in [-0.3, -0.25) is 14.9 Å². The SMILES string of the molecule is CCCC(=O)Nc1cccc(SC(CC)C(=O)Nc2nc(SCC)ns2)c1. The number of anilines is 2. The number of hydrogen-bond acceptors (Lipinski definition) is 7. The summed E-state index contributed by atoms with van der Waals surface area (Å²) >= 11 is 4.22. The van der Waals surface area contributed by atoms with E-state index in [0.29, 0.717) is 23.1 Å². The van der Waals surface area contributed by atoms with E-state index in [9.17, 15) is 9.59 Å². The van der Waals surface area contributed by atoms with Crippen LogP contribution in [0.4, 0.5) is 10.8 Å². The number of thioether (sulfide) groups is 2. The fourth-order valence-electron chi connectivity index (χ4n) is 2.22. The summed E-state index contributed by atoms with van der Waals surface area (Å²) < 4.78 is 4.21. The molecular weight excluding hydrogens is 400 g/mol. The zero-order chi connectivity index (χ0) is 19.6. The Labute approximate surface area is 172 Å². The van der Waals surface area contributed by atoms with Gasteiger partial charge in [0.1, 0.15) is 0 Å². The second-order valence-electron chi connectivity index (χ2n) is 5.65. The number of carbonyl (C=O) groups is 2. The summed E-state index contributed by atoms with van der Waals surface area (Å²) in [5.41, 5.74) is 0.749. The van der Waals surface area contributed by atoms with Gasteiger partial charge in [-0.15, -0.1) is 11.8 Å². The van der Waals surface area contributed by atoms with Crippen LogP contribution in [-0.4, -0.2) is 32.2 Å². The van der Waals surface area contributed by atoms with Crippen molar-refractivity contribution in [2.45, 2.75) is 55.3 Å². The first-order chi connectivity index (χ1) is 13.0. The summed E-state index contributed by atoms with van der Waals surface area (Å²) in [6, 6.07) is 7.58. The average Bonchev–Trinajstić information content (AvgIpc) is 3.07. The smallest absolute Gasteiger partial charge is 0.239 e. The first-order valence-electron chi connectivity index (χ1n) is 8.89. The predicted molar refractivity (Wildman–Crippen MR) is 115 cm³/mol. The van der Waals surface area contributed by atoms with Crippen LogP contribution in [0, 0.1) is 0 Å². The number of benzene rings is 1. The highest BCUT2D eigenvalue weighted by Crippen LogP contribution is 2.29. The van der Waals surface area contributed by atoms with Gasteiger partial charge < -0.3 is 5.32 Å².